The molecule has 1 saturated carbocycles. The van der Waals surface area contributed by atoms with E-state index in [-0.39, 0.29) is 11.8 Å². The van der Waals surface area contributed by atoms with Gasteiger partial charge < -0.3 is 9.47 Å². The number of ether oxygens (including phenoxy) is 2. The van der Waals surface area contributed by atoms with E-state index in [1.54, 1.807) is 13.3 Å². The lowest BCUT2D eigenvalue weighted by molar-refractivity contribution is -0.122. The highest BCUT2D eigenvalue weighted by Crippen LogP contribution is 2.36. The van der Waals surface area contributed by atoms with Gasteiger partial charge in [0.05, 0.1) is 17.8 Å². The largest absolute Gasteiger partial charge is 0.493 e. The first-order valence-electron chi connectivity index (χ1n) is 8.04. The number of halogens is 1. The molecule has 6 heteroatoms. The summed E-state index contributed by atoms with van der Waals surface area (Å²) in [5.74, 6) is 1.34. The fourth-order valence-corrected chi connectivity index (χ4v) is 2.87. The average molecular weight is 403 g/mol. The molecule has 1 aliphatic carbocycles. The van der Waals surface area contributed by atoms with Gasteiger partial charge in [0.25, 0.3) is 0 Å². The Balaban J connectivity index is 1.69. The average Bonchev–Trinajstić information content (AvgIpc) is 3.46. The fraction of sp³-hybridized carbons (Fsp3) is 0.263. The van der Waals surface area contributed by atoms with Crippen LogP contribution in [0.5, 0.6) is 11.5 Å². The molecule has 0 unspecified atom stereocenters. The number of carbonyl (C=O) groups excluding carboxylic acids is 1. The molecule has 0 aromatic heterocycles. The van der Waals surface area contributed by atoms with E-state index in [9.17, 15) is 4.79 Å². The summed E-state index contributed by atoms with van der Waals surface area (Å²) in [6.07, 6.45) is 3.50. The van der Waals surface area contributed by atoms with Crippen LogP contribution in [0.3, 0.4) is 0 Å². The molecule has 25 heavy (non-hydrogen) atoms. The van der Waals surface area contributed by atoms with Crippen LogP contribution >= 0.6 is 15.9 Å². The monoisotopic (exact) mass is 402 g/mol. The molecule has 0 saturated heterocycles. The number of rotatable bonds is 7. The second kappa shape index (κ2) is 8.16. The molecule has 1 amide bonds. The number of hydrogen-bond acceptors (Lipinski definition) is 4. The second-order valence-electron chi connectivity index (χ2n) is 5.82. The molecule has 0 aliphatic heterocycles. The number of nitrogens with one attached hydrogen (secondary N) is 1. The molecular formula is C19H19BrN2O3. The summed E-state index contributed by atoms with van der Waals surface area (Å²) in [5, 5.41) is 4.00. The van der Waals surface area contributed by atoms with E-state index in [1.807, 2.05) is 42.5 Å². The summed E-state index contributed by atoms with van der Waals surface area (Å²) < 4.78 is 12.1. The van der Waals surface area contributed by atoms with Crippen LogP contribution in [0.4, 0.5) is 0 Å². The Labute approximate surface area is 155 Å². The third-order valence-corrected chi connectivity index (χ3v) is 4.40. The third kappa shape index (κ3) is 4.82. The number of hydrogen-bond donors (Lipinski definition) is 1. The van der Waals surface area contributed by atoms with Crippen molar-refractivity contribution in [1.82, 2.24) is 5.43 Å². The van der Waals surface area contributed by atoms with Gasteiger partial charge in [-0.15, -0.1) is 0 Å². The van der Waals surface area contributed by atoms with Gasteiger partial charge in [0.1, 0.15) is 6.61 Å². The Hall–Kier alpha value is -2.34. The van der Waals surface area contributed by atoms with Gasteiger partial charge in [-0.3, -0.25) is 4.79 Å². The van der Waals surface area contributed by atoms with Crippen molar-refractivity contribution in [1.29, 1.82) is 0 Å². The summed E-state index contributed by atoms with van der Waals surface area (Å²) >= 11 is 3.51. The van der Waals surface area contributed by atoms with Gasteiger partial charge >= 0.3 is 0 Å². The van der Waals surface area contributed by atoms with E-state index in [2.05, 4.69) is 26.5 Å². The number of hydrazone groups is 1. The highest BCUT2D eigenvalue weighted by molar-refractivity contribution is 9.10. The number of carbonyl (C=O) groups is 1. The minimum Gasteiger partial charge on any atom is -0.493 e. The summed E-state index contributed by atoms with van der Waals surface area (Å²) in [6.45, 7) is 0.445. The quantitative estimate of drug-likeness (QED) is 0.564. The van der Waals surface area contributed by atoms with E-state index in [0.29, 0.717) is 18.1 Å². The fourth-order valence-electron chi connectivity index (χ4n) is 2.29. The van der Waals surface area contributed by atoms with E-state index < -0.39 is 0 Å². The number of amides is 1. The van der Waals surface area contributed by atoms with Crippen molar-refractivity contribution < 1.29 is 14.3 Å². The van der Waals surface area contributed by atoms with Crippen LogP contribution < -0.4 is 14.9 Å². The predicted molar refractivity (Wildman–Crippen MR) is 99.9 cm³/mol. The zero-order valence-electron chi connectivity index (χ0n) is 13.9. The highest BCUT2D eigenvalue weighted by Gasteiger charge is 2.29. The van der Waals surface area contributed by atoms with Crippen LogP contribution in [0.2, 0.25) is 0 Å². The van der Waals surface area contributed by atoms with Gasteiger partial charge in [-0.1, -0.05) is 30.3 Å². The first kappa shape index (κ1) is 17.5. The maximum absolute atomic E-state index is 11.6. The lowest BCUT2D eigenvalue weighted by Gasteiger charge is -2.13. The predicted octanol–water partition coefficient (Wildman–Crippen LogP) is 3.90. The molecule has 2 aromatic rings. The van der Waals surface area contributed by atoms with E-state index in [4.69, 9.17) is 9.47 Å². The van der Waals surface area contributed by atoms with Crippen LogP contribution in [0, 0.1) is 5.92 Å². The van der Waals surface area contributed by atoms with Gasteiger partial charge in [0.15, 0.2) is 11.5 Å². The molecule has 0 radical (unpaired) electrons. The minimum atomic E-state index is -0.0231. The smallest absolute Gasteiger partial charge is 0.243 e. The summed E-state index contributed by atoms with van der Waals surface area (Å²) in [5.41, 5.74) is 4.43. The molecule has 1 fully saturated rings. The normalized spacial score (nSPS) is 13.7. The first-order valence-corrected chi connectivity index (χ1v) is 8.84. The molecule has 0 bridgehead atoms. The molecular weight excluding hydrogens is 384 g/mol. The lowest BCUT2D eigenvalue weighted by atomic mass is 10.2. The zero-order chi connectivity index (χ0) is 17.6. The van der Waals surface area contributed by atoms with Crippen LogP contribution in [0.15, 0.2) is 52.0 Å². The van der Waals surface area contributed by atoms with Crippen molar-refractivity contribution >= 4 is 28.1 Å². The number of nitrogens with zero attached hydrogens (tertiary/aromatic N) is 1. The zero-order valence-corrected chi connectivity index (χ0v) is 15.5. The maximum atomic E-state index is 11.6. The second-order valence-corrected chi connectivity index (χ2v) is 6.67. The van der Waals surface area contributed by atoms with Crippen molar-refractivity contribution in [2.24, 2.45) is 11.0 Å². The van der Waals surface area contributed by atoms with Crippen LogP contribution in [0.1, 0.15) is 24.0 Å². The Kier molecular flexibility index (Phi) is 5.71. The Morgan fingerprint density at radius 2 is 2.08 bits per heavy atom. The van der Waals surface area contributed by atoms with Gasteiger partial charge in [-0.05, 0) is 52.0 Å². The molecule has 1 N–H and O–H groups in total. The molecule has 5 nitrogen and oxygen atoms in total. The van der Waals surface area contributed by atoms with Crippen molar-refractivity contribution in [3.05, 3.63) is 58.1 Å². The summed E-state index contributed by atoms with van der Waals surface area (Å²) in [6, 6.07) is 13.6. The number of benzene rings is 2. The summed E-state index contributed by atoms with van der Waals surface area (Å²) in [7, 11) is 1.59. The molecule has 0 heterocycles. The van der Waals surface area contributed by atoms with E-state index >= 15 is 0 Å². The maximum Gasteiger partial charge on any atom is 0.243 e. The Morgan fingerprint density at radius 3 is 2.76 bits per heavy atom. The highest BCUT2D eigenvalue weighted by atomic mass is 79.9. The van der Waals surface area contributed by atoms with Crippen LogP contribution in [0.25, 0.3) is 0 Å². The minimum absolute atomic E-state index is 0.0231. The standard InChI is InChI=1S/C19H19BrN2O3/c1-24-17-10-14(11-21-22-19(23)15-7-8-15)9-16(20)18(17)25-12-13-5-3-2-4-6-13/h2-6,9-11,15H,7-8,12H2,1H3,(H,22,23)/b21-11+. The topological polar surface area (TPSA) is 59.9 Å². The summed E-state index contributed by atoms with van der Waals surface area (Å²) in [4.78, 5) is 11.6. The molecule has 3 rings (SSSR count). The van der Waals surface area contributed by atoms with E-state index in [1.165, 1.54) is 0 Å². The van der Waals surface area contributed by atoms with Crippen LogP contribution in [-0.4, -0.2) is 19.2 Å². The molecule has 0 atom stereocenters. The molecule has 0 spiro atoms. The van der Waals surface area contributed by atoms with Gasteiger partial charge in [-0.2, -0.15) is 5.10 Å². The van der Waals surface area contributed by atoms with Crippen LogP contribution in [-0.2, 0) is 11.4 Å². The van der Waals surface area contributed by atoms with Gasteiger partial charge in [0.2, 0.25) is 5.91 Å². The molecule has 2 aromatic carbocycles. The Bertz CT molecular complexity index is 774. The molecule has 1 aliphatic rings. The van der Waals surface area contributed by atoms with Gasteiger partial charge in [-0.25, -0.2) is 5.43 Å². The Morgan fingerprint density at radius 1 is 1.32 bits per heavy atom. The number of methoxy groups -OCH3 is 1. The first-order chi connectivity index (χ1) is 12.2. The van der Waals surface area contributed by atoms with Crippen molar-refractivity contribution in [2.45, 2.75) is 19.4 Å². The van der Waals surface area contributed by atoms with E-state index in [0.717, 1.165) is 28.4 Å². The lowest BCUT2D eigenvalue weighted by Crippen LogP contribution is -2.18. The third-order valence-electron chi connectivity index (χ3n) is 3.81. The molecule has 130 valence electrons. The van der Waals surface area contributed by atoms with Gasteiger partial charge in [0, 0.05) is 5.92 Å². The van der Waals surface area contributed by atoms with Crippen molar-refractivity contribution in [3.63, 3.8) is 0 Å². The van der Waals surface area contributed by atoms with Crippen molar-refractivity contribution in [2.75, 3.05) is 7.11 Å². The SMILES string of the molecule is COc1cc(/C=N/NC(=O)C2CC2)cc(Br)c1OCc1ccccc1. The van der Waals surface area contributed by atoms with Crippen molar-refractivity contribution in [3.8, 4) is 11.5 Å².